The summed E-state index contributed by atoms with van der Waals surface area (Å²) in [6.45, 7) is 0. The lowest BCUT2D eigenvalue weighted by Gasteiger charge is -2.11. The van der Waals surface area contributed by atoms with E-state index < -0.39 is 6.09 Å². The Morgan fingerprint density at radius 2 is 2.00 bits per heavy atom. The molecule has 1 rings (SSSR count). The summed E-state index contributed by atoms with van der Waals surface area (Å²) in [4.78, 5) is 12.5. The second-order valence-electron chi connectivity index (χ2n) is 2.80. The van der Waals surface area contributed by atoms with Crippen molar-refractivity contribution in [2.75, 3.05) is 19.8 Å². The van der Waals surface area contributed by atoms with Gasteiger partial charge in [-0.3, -0.25) is 0 Å². The largest absolute Gasteiger partial charge is 0.414 e. The topological polar surface area (TPSA) is 55.6 Å². The molecule has 1 aromatic carbocycles. The Balaban J connectivity index is 2.75. The zero-order chi connectivity index (χ0) is 9.84. The number of carbonyl (C=O) groups is 1. The Kier molecular flexibility index (Phi) is 2.74. The molecule has 0 aromatic heterocycles. The molecule has 0 saturated carbocycles. The standard InChI is InChI=1S/C9H12N2O2/c1-11(2)9(12)13-8-6-4-3-5-7(8)10/h3-6H,10H2,1-2H3. The highest BCUT2D eigenvalue weighted by atomic mass is 16.6. The SMILES string of the molecule is CN(C)C(=O)Oc1ccccc1N. The molecule has 0 heterocycles. The van der Waals surface area contributed by atoms with Crippen LogP contribution < -0.4 is 10.5 Å². The van der Waals surface area contributed by atoms with Crippen LogP contribution in [0.3, 0.4) is 0 Å². The summed E-state index contributed by atoms with van der Waals surface area (Å²) < 4.78 is 4.97. The molecule has 0 bridgehead atoms. The number of nitrogens with two attached hydrogens (primary N) is 1. The average Bonchev–Trinajstić information content (AvgIpc) is 2.08. The molecule has 70 valence electrons. The van der Waals surface area contributed by atoms with Crippen LogP contribution in [0.1, 0.15) is 0 Å². The van der Waals surface area contributed by atoms with Crippen LogP contribution in [0.2, 0.25) is 0 Å². The maximum atomic E-state index is 11.1. The minimum atomic E-state index is -0.432. The van der Waals surface area contributed by atoms with Crippen molar-refractivity contribution >= 4 is 11.8 Å². The van der Waals surface area contributed by atoms with Crippen molar-refractivity contribution in [2.45, 2.75) is 0 Å². The molecule has 1 amide bonds. The first-order valence-electron chi connectivity index (χ1n) is 3.85. The van der Waals surface area contributed by atoms with E-state index in [1.165, 1.54) is 4.90 Å². The van der Waals surface area contributed by atoms with Gasteiger partial charge in [-0.15, -0.1) is 0 Å². The number of carbonyl (C=O) groups excluding carboxylic acids is 1. The van der Waals surface area contributed by atoms with Crippen LogP contribution in [0, 0.1) is 0 Å². The van der Waals surface area contributed by atoms with E-state index in [2.05, 4.69) is 0 Å². The molecule has 1 aromatic rings. The zero-order valence-electron chi connectivity index (χ0n) is 7.65. The van der Waals surface area contributed by atoms with Crippen LogP contribution in [0.25, 0.3) is 0 Å². The van der Waals surface area contributed by atoms with Gasteiger partial charge in [0.05, 0.1) is 5.69 Å². The molecular weight excluding hydrogens is 168 g/mol. The van der Waals surface area contributed by atoms with E-state index >= 15 is 0 Å². The van der Waals surface area contributed by atoms with Crippen LogP contribution in [-0.2, 0) is 0 Å². The predicted molar refractivity (Wildman–Crippen MR) is 50.6 cm³/mol. The first-order chi connectivity index (χ1) is 6.11. The van der Waals surface area contributed by atoms with Gasteiger partial charge in [0.25, 0.3) is 0 Å². The Bertz CT molecular complexity index is 310. The Labute approximate surface area is 76.9 Å². The molecule has 4 nitrogen and oxygen atoms in total. The molecule has 0 aliphatic rings. The number of anilines is 1. The lowest BCUT2D eigenvalue weighted by molar-refractivity contribution is 0.172. The van der Waals surface area contributed by atoms with Crippen LogP contribution in [0.5, 0.6) is 5.75 Å². The summed E-state index contributed by atoms with van der Waals surface area (Å²) in [5, 5.41) is 0. The van der Waals surface area contributed by atoms with E-state index in [0.717, 1.165) is 0 Å². The molecule has 0 spiro atoms. The van der Waals surface area contributed by atoms with E-state index in [4.69, 9.17) is 10.5 Å². The molecule has 0 saturated heterocycles. The van der Waals surface area contributed by atoms with Gasteiger partial charge < -0.3 is 15.4 Å². The number of para-hydroxylation sites is 2. The van der Waals surface area contributed by atoms with Gasteiger partial charge in [-0.1, -0.05) is 12.1 Å². The van der Waals surface area contributed by atoms with Crippen molar-refractivity contribution < 1.29 is 9.53 Å². The normalized spacial score (nSPS) is 9.38. The lowest BCUT2D eigenvalue weighted by atomic mass is 10.3. The fourth-order valence-electron chi connectivity index (χ4n) is 0.759. The lowest BCUT2D eigenvalue weighted by Crippen LogP contribution is -2.25. The second-order valence-corrected chi connectivity index (χ2v) is 2.80. The Morgan fingerprint density at radius 1 is 1.38 bits per heavy atom. The van der Waals surface area contributed by atoms with E-state index in [1.54, 1.807) is 38.4 Å². The van der Waals surface area contributed by atoms with E-state index in [-0.39, 0.29) is 0 Å². The summed E-state index contributed by atoms with van der Waals surface area (Å²) >= 11 is 0. The fourth-order valence-corrected chi connectivity index (χ4v) is 0.759. The number of rotatable bonds is 1. The predicted octanol–water partition coefficient (Wildman–Crippen LogP) is 1.33. The van der Waals surface area contributed by atoms with Crippen LogP contribution in [-0.4, -0.2) is 25.1 Å². The van der Waals surface area contributed by atoms with Crippen molar-refractivity contribution in [3.63, 3.8) is 0 Å². The maximum Gasteiger partial charge on any atom is 0.414 e. The molecule has 0 unspecified atom stereocenters. The van der Waals surface area contributed by atoms with Crippen molar-refractivity contribution in [3.8, 4) is 5.75 Å². The number of ether oxygens (including phenoxy) is 1. The van der Waals surface area contributed by atoms with Crippen molar-refractivity contribution in [1.29, 1.82) is 0 Å². The van der Waals surface area contributed by atoms with Gasteiger partial charge in [0.1, 0.15) is 0 Å². The van der Waals surface area contributed by atoms with Gasteiger partial charge >= 0.3 is 6.09 Å². The molecule has 4 heteroatoms. The maximum absolute atomic E-state index is 11.1. The quantitative estimate of drug-likeness (QED) is 0.663. The van der Waals surface area contributed by atoms with Gasteiger partial charge in [0, 0.05) is 14.1 Å². The van der Waals surface area contributed by atoms with Crippen molar-refractivity contribution in [3.05, 3.63) is 24.3 Å². The average molecular weight is 180 g/mol. The highest BCUT2D eigenvalue weighted by Gasteiger charge is 2.07. The van der Waals surface area contributed by atoms with Gasteiger partial charge in [-0.05, 0) is 12.1 Å². The number of hydrogen-bond acceptors (Lipinski definition) is 3. The summed E-state index contributed by atoms with van der Waals surface area (Å²) in [6, 6.07) is 6.87. The second kappa shape index (κ2) is 3.80. The van der Waals surface area contributed by atoms with E-state index in [0.29, 0.717) is 11.4 Å². The smallest absolute Gasteiger partial charge is 0.408 e. The Hall–Kier alpha value is -1.71. The molecule has 2 N–H and O–H groups in total. The number of nitrogens with zero attached hydrogens (tertiary/aromatic N) is 1. The fraction of sp³-hybridized carbons (Fsp3) is 0.222. The molecule has 0 aliphatic carbocycles. The van der Waals surface area contributed by atoms with E-state index in [1.807, 2.05) is 0 Å². The van der Waals surface area contributed by atoms with Crippen LogP contribution in [0.15, 0.2) is 24.3 Å². The van der Waals surface area contributed by atoms with Gasteiger partial charge in [-0.25, -0.2) is 4.79 Å². The Morgan fingerprint density at radius 3 is 2.54 bits per heavy atom. The molecule has 0 aliphatic heterocycles. The molecule has 0 radical (unpaired) electrons. The van der Waals surface area contributed by atoms with E-state index in [9.17, 15) is 4.79 Å². The third-order valence-electron chi connectivity index (χ3n) is 1.48. The first kappa shape index (κ1) is 9.38. The molecule has 0 fully saturated rings. The van der Waals surface area contributed by atoms with Crippen LogP contribution in [0.4, 0.5) is 10.5 Å². The van der Waals surface area contributed by atoms with Gasteiger partial charge in [0.15, 0.2) is 5.75 Å². The number of benzene rings is 1. The summed E-state index contributed by atoms with van der Waals surface area (Å²) in [5.74, 6) is 0.390. The number of nitrogen functional groups attached to an aromatic ring is 1. The van der Waals surface area contributed by atoms with Crippen LogP contribution >= 0.6 is 0 Å². The van der Waals surface area contributed by atoms with Gasteiger partial charge in [0.2, 0.25) is 0 Å². The highest BCUT2D eigenvalue weighted by molar-refractivity contribution is 5.72. The third-order valence-corrected chi connectivity index (χ3v) is 1.48. The van der Waals surface area contributed by atoms with Gasteiger partial charge in [-0.2, -0.15) is 0 Å². The van der Waals surface area contributed by atoms with Crippen molar-refractivity contribution in [2.24, 2.45) is 0 Å². The first-order valence-corrected chi connectivity index (χ1v) is 3.85. The summed E-state index contributed by atoms with van der Waals surface area (Å²) in [7, 11) is 3.23. The molecular formula is C9H12N2O2. The minimum absolute atomic E-state index is 0.390. The summed E-state index contributed by atoms with van der Waals surface area (Å²) in [5.41, 5.74) is 6.03. The summed E-state index contributed by atoms with van der Waals surface area (Å²) in [6.07, 6.45) is -0.432. The monoisotopic (exact) mass is 180 g/mol. The zero-order valence-corrected chi connectivity index (χ0v) is 7.65. The highest BCUT2D eigenvalue weighted by Crippen LogP contribution is 2.19. The third kappa shape index (κ3) is 2.37. The molecule has 0 atom stereocenters. The number of amides is 1. The van der Waals surface area contributed by atoms with Crippen molar-refractivity contribution in [1.82, 2.24) is 4.90 Å². The molecule has 13 heavy (non-hydrogen) atoms. The number of hydrogen-bond donors (Lipinski definition) is 1. The minimum Gasteiger partial charge on any atom is -0.408 e.